The van der Waals surface area contributed by atoms with Gasteiger partial charge < -0.3 is 4.90 Å². The van der Waals surface area contributed by atoms with Gasteiger partial charge in [-0.05, 0) is 19.1 Å². The van der Waals surface area contributed by atoms with E-state index < -0.39 is 4.92 Å². The number of ketones is 1. The molecule has 0 aliphatic carbocycles. The molecule has 7 heteroatoms. The Balaban J connectivity index is 2.31. The van der Waals surface area contributed by atoms with E-state index >= 15 is 0 Å². The normalized spacial score (nSPS) is 10.3. The van der Waals surface area contributed by atoms with Crippen LogP contribution in [0.5, 0.6) is 0 Å². The Morgan fingerprint density at radius 2 is 2.25 bits per heavy atom. The van der Waals surface area contributed by atoms with Gasteiger partial charge >= 0.3 is 0 Å². The number of carbonyl (C=O) groups is 1. The number of thiazole rings is 1. The summed E-state index contributed by atoms with van der Waals surface area (Å²) in [5.41, 5.74) is 3.27. The smallest absolute Gasteiger partial charge is 0.282 e. The maximum absolute atomic E-state index is 11.4. The van der Waals surface area contributed by atoms with E-state index in [4.69, 9.17) is 0 Å². The maximum Gasteiger partial charge on any atom is 0.282 e. The van der Waals surface area contributed by atoms with Gasteiger partial charge in [-0.15, -0.1) is 11.3 Å². The monoisotopic (exact) mass is 291 g/mol. The largest absolute Gasteiger partial charge is 0.368 e. The number of nitrogens with zero attached hydrogens (tertiary/aromatic N) is 3. The molecule has 0 aliphatic rings. The third kappa shape index (κ3) is 3.00. The first kappa shape index (κ1) is 14.1. The zero-order valence-corrected chi connectivity index (χ0v) is 11.9. The number of nitro benzene ring substituents is 1. The molecule has 0 unspecified atom stereocenters. The fraction of sp³-hybridized carbons (Fsp3) is 0.231. The van der Waals surface area contributed by atoms with Crippen LogP contribution < -0.4 is 4.90 Å². The molecule has 0 fully saturated rings. The minimum Gasteiger partial charge on any atom is -0.368 e. The van der Waals surface area contributed by atoms with Gasteiger partial charge in [-0.25, -0.2) is 4.98 Å². The predicted octanol–water partition coefficient (Wildman–Crippen LogP) is 2.89. The first-order chi connectivity index (χ1) is 9.49. The Hall–Kier alpha value is -2.28. The van der Waals surface area contributed by atoms with E-state index in [1.807, 2.05) is 17.3 Å². The topological polar surface area (TPSA) is 76.3 Å². The van der Waals surface area contributed by atoms with Crippen LogP contribution in [0.25, 0.3) is 0 Å². The molecule has 6 nitrogen and oxygen atoms in total. The second kappa shape index (κ2) is 5.79. The summed E-state index contributed by atoms with van der Waals surface area (Å²) >= 11 is 1.50. The van der Waals surface area contributed by atoms with Crippen molar-refractivity contribution < 1.29 is 9.72 Å². The van der Waals surface area contributed by atoms with Gasteiger partial charge in [-0.3, -0.25) is 14.9 Å². The number of aromatic nitrogens is 1. The Kier molecular flexibility index (Phi) is 4.09. The predicted molar refractivity (Wildman–Crippen MR) is 77.3 cm³/mol. The SMILES string of the molecule is CC(=O)c1ccc(N(C)Cc2cscn2)cc1[N+](=O)[O-]. The lowest BCUT2D eigenvalue weighted by Gasteiger charge is -2.18. The second-order valence-corrected chi connectivity index (χ2v) is 5.07. The number of hydrogen-bond donors (Lipinski definition) is 0. The first-order valence-electron chi connectivity index (χ1n) is 5.86. The summed E-state index contributed by atoms with van der Waals surface area (Å²) < 4.78 is 0. The van der Waals surface area contributed by atoms with Crippen LogP contribution in [0.1, 0.15) is 23.0 Å². The first-order valence-corrected chi connectivity index (χ1v) is 6.81. The number of hydrogen-bond acceptors (Lipinski definition) is 6. The summed E-state index contributed by atoms with van der Waals surface area (Å²) in [7, 11) is 1.83. The third-order valence-corrected chi connectivity index (χ3v) is 3.52. The van der Waals surface area contributed by atoms with Crippen LogP contribution in [0.4, 0.5) is 11.4 Å². The third-order valence-electron chi connectivity index (χ3n) is 2.88. The molecular weight excluding hydrogens is 278 g/mol. The highest BCUT2D eigenvalue weighted by Gasteiger charge is 2.19. The maximum atomic E-state index is 11.4. The zero-order chi connectivity index (χ0) is 14.7. The molecule has 20 heavy (non-hydrogen) atoms. The van der Waals surface area contributed by atoms with Crippen molar-refractivity contribution in [2.75, 3.05) is 11.9 Å². The van der Waals surface area contributed by atoms with Crippen molar-refractivity contribution in [3.8, 4) is 0 Å². The number of anilines is 1. The van der Waals surface area contributed by atoms with Crippen molar-refractivity contribution in [3.63, 3.8) is 0 Å². The van der Waals surface area contributed by atoms with E-state index in [0.717, 1.165) is 5.69 Å². The molecule has 1 heterocycles. The van der Waals surface area contributed by atoms with Crippen LogP contribution in [0.3, 0.4) is 0 Å². The van der Waals surface area contributed by atoms with Gasteiger partial charge in [0.15, 0.2) is 5.78 Å². The Morgan fingerprint density at radius 3 is 2.80 bits per heavy atom. The molecule has 104 valence electrons. The van der Waals surface area contributed by atoms with Crippen LogP contribution in [0.2, 0.25) is 0 Å². The summed E-state index contributed by atoms with van der Waals surface area (Å²) in [6.45, 7) is 1.88. The van der Waals surface area contributed by atoms with Crippen molar-refractivity contribution >= 4 is 28.5 Å². The summed E-state index contributed by atoms with van der Waals surface area (Å²) in [6, 6.07) is 4.62. The lowest BCUT2D eigenvalue weighted by molar-refractivity contribution is -0.385. The molecule has 0 saturated carbocycles. The van der Waals surface area contributed by atoms with E-state index in [1.54, 1.807) is 11.6 Å². The van der Waals surface area contributed by atoms with Crippen LogP contribution >= 0.6 is 11.3 Å². The molecule has 0 saturated heterocycles. The molecule has 0 amide bonds. The minimum absolute atomic E-state index is 0.126. The average Bonchev–Trinajstić information content (AvgIpc) is 2.90. The number of benzene rings is 1. The molecule has 0 spiro atoms. The van der Waals surface area contributed by atoms with E-state index in [2.05, 4.69) is 4.98 Å². The van der Waals surface area contributed by atoms with E-state index in [1.165, 1.54) is 30.4 Å². The molecule has 0 atom stereocenters. The molecule has 2 aromatic rings. The zero-order valence-electron chi connectivity index (χ0n) is 11.1. The second-order valence-electron chi connectivity index (χ2n) is 4.35. The summed E-state index contributed by atoms with van der Waals surface area (Å²) in [4.78, 5) is 27.9. The fourth-order valence-corrected chi connectivity index (χ4v) is 2.41. The lowest BCUT2D eigenvalue weighted by Crippen LogP contribution is -2.17. The van der Waals surface area contributed by atoms with Crippen molar-refractivity contribution in [2.45, 2.75) is 13.5 Å². The van der Waals surface area contributed by atoms with Crippen molar-refractivity contribution in [2.24, 2.45) is 0 Å². The van der Waals surface area contributed by atoms with Crippen LogP contribution in [-0.2, 0) is 6.54 Å². The molecule has 1 aromatic carbocycles. The van der Waals surface area contributed by atoms with E-state index in [0.29, 0.717) is 12.2 Å². The van der Waals surface area contributed by atoms with Crippen LogP contribution in [0, 0.1) is 10.1 Å². The Morgan fingerprint density at radius 1 is 1.50 bits per heavy atom. The lowest BCUT2D eigenvalue weighted by atomic mass is 10.1. The van der Waals surface area contributed by atoms with Gasteiger partial charge in [-0.1, -0.05) is 0 Å². The number of carbonyl (C=O) groups excluding carboxylic acids is 1. The van der Waals surface area contributed by atoms with Crippen molar-refractivity contribution in [1.29, 1.82) is 0 Å². The molecule has 0 aliphatic heterocycles. The summed E-state index contributed by atoms with van der Waals surface area (Å²) in [5.74, 6) is -0.314. The summed E-state index contributed by atoms with van der Waals surface area (Å²) in [6.07, 6.45) is 0. The summed E-state index contributed by atoms with van der Waals surface area (Å²) in [5, 5.41) is 13.0. The molecule has 0 radical (unpaired) electrons. The molecule has 2 rings (SSSR count). The quantitative estimate of drug-likeness (QED) is 0.481. The Bertz CT molecular complexity index is 640. The average molecular weight is 291 g/mol. The highest BCUT2D eigenvalue weighted by Crippen LogP contribution is 2.26. The minimum atomic E-state index is -0.531. The van der Waals surface area contributed by atoms with Crippen LogP contribution in [-0.4, -0.2) is 22.7 Å². The molecule has 1 aromatic heterocycles. The van der Waals surface area contributed by atoms with E-state index in [9.17, 15) is 14.9 Å². The Labute approximate surface area is 119 Å². The number of rotatable bonds is 5. The van der Waals surface area contributed by atoms with Crippen molar-refractivity contribution in [1.82, 2.24) is 4.98 Å². The fourth-order valence-electron chi connectivity index (χ4n) is 1.86. The number of nitro groups is 1. The number of Topliss-reactive ketones (excluding diaryl/α,β-unsaturated/α-hetero) is 1. The van der Waals surface area contributed by atoms with Gasteiger partial charge in [0.1, 0.15) is 0 Å². The van der Waals surface area contributed by atoms with Gasteiger partial charge in [0, 0.05) is 24.2 Å². The van der Waals surface area contributed by atoms with Gasteiger partial charge in [-0.2, -0.15) is 0 Å². The molecule has 0 N–H and O–H groups in total. The van der Waals surface area contributed by atoms with Crippen molar-refractivity contribution in [3.05, 3.63) is 50.5 Å². The molecule has 0 bridgehead atoms. The highest BCUT2D eigenvalue weighted by atomic mass is 32.1. The molecular formula is C13H13N3O3S. The van der Waals surface area contributed by atoms with Gasteiger partial charge in [0.2, 0.25) is 0 Å². The standard InChI is InChI=1S/C13H13N3O3S/c1-9(17)12-4-3-11(5-13(12)16(18)19)15(2)6-10-7-20-8-14-10/h3-5,7-8H,6H2,1-2H3. The van der Waals surface area contributed by atoms with Crippen LogP contribution in [0.15, 0.2) is 29.1 Å². The van der Waals surface area contributed by atoms with Gasteiger partial charge in [0.25, 0.3) is 5.69 Å². The van der Waals surface area contributed by atoms with Gasteiger partial charge in [0.05, 0.1) is 28.2 Å². The highest BCUT2D eigenvalue weighted by molar-refractivity contribution is 7.07. The van der Waals surface area contributed by atoms with E-state index in [-0.39, 0.29) is 17.0 Å².